The largest absolute Gasteiger partial charge is 0.478 e. The van der Waals surface area contributed by atoms with Crippen LogP contribution < -0.4 is 5.32 Å². The van der Waals surface area contributed by atoms with Gasteiger partial charge in [0.15, 0.2) is 0 Å². The molecule has 0 heterocycles. The molecule has 0 spiro atoms. The van der Waals surface area contributed by atoms with Gasteiger partial charge in [0.2, 0.25) is 5.91 Å². The van der Waals surface area contributed by atoms with Crippen molar-refractivity contribution in [2.24, 2.45) is 0 Å². The molecule has 6 nitrogen and oxygen atoms in total. The molecule has 1 aromatic rings. The summed E-state index contributed by atoms with van der Waals surface area (Å²) in [7, 11) is 1.56. The molecular weight excluding hydrogens is 250 g/mol. The Labute approximate surface area is 111 Å². The van der Waals surface area contributed by atoms with Gasteiger partial charge in [-0.05, 0) is 17.7 Å². The van der Waals surface area contributed by atoms with E-state index in [9.17, 15) is 9.59 Å². The summed E-state index contributed by atoms with van der Waals surface area (Å²) < 4.78 is 9.84. The van der Waals surface area contributed by atoms with E-state index in [0.717, 1.165) is 5.56 Å². The number of hydrogen-bond donors (Lipinski definition) is 2. The molecule has 6 heteroatoms. The number of amides is 1. The summed E-state index contributed by atoms with van der Waals surface area (Å²) in [6, 6.07) is 6.32. The van der Waals surface area contributed by atoms with Crippen LogP contribution in [0.1, 0.15) is 15.9 Å². The lowest BCUT2D eigenvalue weighted by Crippen LogP contribution is -2.27. The van der Waals surface area contributed by atoms with Gasteiger partial charge in [0.05, 0.1) is 18.8 Å². The number of carbonyl (C=O) groups excluding carboxylic acids is 1. The van der Waals surface area contributed by atoms with Crippen LogP contribution in [0.4, 0.5) is 0 Å². The molecule has 1 rings (SSSR count). The molecule has 0 bridgehead atoms. The maximum absolute atomic E-state index is 11.4. The van der Waals surface area contributed by atoms with Gasteiger partial charge in [0.25, 0.3) is 0 Å². The number of ether oxygens (including phenoxy) is 2. The predicted molar refractivity (Wildman–Crippen MR) is 67.9 cm³/mol. The van der Waals surface area contributed by atoms with Crippen LogP contribution in [0.2, 0.25) is 0 Å². The van der Waals surface area contributed by atoms with Crippen molar-refractivity contribution >= 4 is 11.9 Å². The van der Waals surface area contributed by atoms with Gasteiger partial charge in [-0.3, -0.25) is 4.79 Å². The van der Waals surface area contributed by atoms with Crippen LogP contribution in [0.5, 0.6) is 0 Å². The molecule has 0 aliphatic carbocycles. The van der Waals surface area contributed by atoms with Crippen molar-refractivity contribution in [1.29, 1.82) is 0 Å². The van der Waals surface area contributed by atoms with Crippen molar-refractivity contribution < 1.29 is 24.2 Å². The van der Waals surface area contributed by atoms with Gasteiger partial charge in [-0.2, -0.15) is 0 Å². The molecule has 0 aliphatic rings. The van der Waals surface area contributed by atoms with Crippen LogP contribution in [0.15, 0.2) is 24.3 Å². The van der Waals surface area contributed by atoms with Crippen LogP contribution in [-0.2, 0) is 20.8 Å². The third-order valence-corrected chi connectivity index (χ3v) is 2.36. The van der Waals surface area contributed by atoms with E-state index in [-0.39, 0.29) is 18.1 Å². The Morgan fingerprint density at radius 2 is 1.89 bits per heavy atom. The van der Waals surface area contributed by atoms with Crippen molar-refractivity contribution in [2.45, 2.75) is 6.54 Å². The van der Waals surface area contributed by atoms with Gasteiger partial charge in [0, 0.05) is 13.7 Å². The molecule has 0 saturated carbocycles. The number of benzene rings is 1. The Hall–Kier alpha value is -1.92. The van der Waals surface area contributed by atoms with Gasteiger partial charge >= 0.3 is 5.97 Å². The molecule has 0 saturated heterocycles. The van der Waals surface area contributed by atoms with E-state index in [1.54, 1.807) is 19.2 Å². The second-order valence-corrected chi connectivity index (χ2v) is 3.82. The van der Waals surface area contributed by atoms with E-state index < -0.39 is 5.97 Å². The maximum atomic E-state index is 11.4. The fourth-order valence-electron chi connectivity index (χ4n) is 1.32. The molecule has 0 aromatic heterocycles. The topological polar surface area (TPSA) is 84.9 Å². The number of carbonyl (C=O) groups is 2. The smallest absolute Gasteiger partial charge is 0.335 e. The van der Waals surface area contributed by atoms with Gasteiger partial charge in [-0.15, -0.1) is 0 Å². The van der Waals surface area contributed by atoms with Crippen LogP contribution in [0, 0.1) is 0 Å². The van der Waals surface area contributed by atoms with Crippen molar-refractivity contribution in [3.05, 3.63) is 35.4 Å². The normalized spacial score (nSPS) is 10.2. The molecule has 0 radical (unpaired) electrons. The van der Waals surface area contributed by atoms with Crippen molar-refractivity contribution in [3.63, 3.8) is 0 Å². The first kappa shape index (κ1) is 15.1. The Balaban J connectivity index is 2.28. The molecule has 2 N–H and O–H groups in total. The van der Waals surface area contributed by atoms with E-state index >= 15 is 0 Å². The van der Waals surface area contributed by atoms with Crippen molar-refractivity contribution in [2.75, 3.05) is 26.9 Å². The lowest BCUT2D eigenvalue weighted by molar-refractivity contribution is -0.126. The Kier molecular flexibility index (Phi) is 6.56. The molecule has 0 aliphatic heterocycles. The van der Waals surface area contributed by atoms with Crippen LogP contribution in [0.25, 0.3) is 0 Å². The highest BCUT2D eigenvalue weighted by molar-refractivity contribution is 5.87. The first-order chi connectivity index (χ1) is 9.13. The zero-order valence-electron chi connectivity index (χ0n) is 10.7. The number of hydrogen-bond acceptors (Lipinski definition) is 4. The average Bonchev–Trinajstić information content (AvgIpc) is 2.42. The van der Waals surface area contributed by atoms with Gasteiger partial charge < -0.3 is 19.9 Å². The highest BCUT2D eigenvalue weighted by Crippen LogP contribution is 2.04. The Bertz CT molecular complexity index is 416. The van der Waals surface area contributed by atoms with E-state index in [4.69, 9.17) is 14.6 Å². The van der Waals surface area contributed by atoms with Crippen molar-refractivity contribution in [3.8, 4) is 0 Å². The summed E-state index contributed by atoms with van der Waals surface area (Å²) in [5, 5.41) is 11.4. The summed E-state index contributed by atoms with van der Waals surface area (Å²) in [5.41, 5.74) is 1.05. The minimum absolute atomic E-state index is 0.0173. The van der Waals surface area contributed by atoms with Gasteiger partial charge in [-0.25, -0.2) is 4.79 Å². The van der Waals surface area contributed by atoms with Crippen molar-refractivity contribution in [1.82, 2.24) is 5.32 Å². The number of carboxylic acids is 1. The maximum Gasteiger partial charge on any atom is 0.335 e. The molecule has 19 heavy (non-hydrogen) atoms. The standard InChI is InChI=1S/C13H17NO5/c1-18-6-7-19-9-12(15)14-8-10-2-4-11(5-3-10)13(16)17/h2-5H,6-9H2,1H3,(H,14,15)(H,16,17). The second-order valence-electron chi connectivity index (χ2n) is 3.82. The average molecular weight is 267 g/mol. The summed E-state index contributed by atoms with van der Waals surface area (Å²) in [5.74, 6) is -1.19. The predicted octanol–water partition coefficient (Wildman–Crippen LogP) is 0.664. The van der Waals surface area contributed by atoms with E-state index in [1.807, 2.05) is 0 Å². The van der Waals surface area contributed by atoms with E-state index in [0.29, 0.717) is 19.8 Å². The Morgan fingerprint density at radius 1 is 1.21 bits per heavy atom. The van der Waals surface area contributed by atoms with Crippen LogP contribution in [-0.4, -0.2) is 43.9 Å². The van der Waals surface area contributed by atoms with E-state index in [1.165, 1.54) is 12.1 Å². The third kappa shape index (κ3) is 5.98. The SMILES string of the molecule is COCCOCC(=O)NCc1ccc(C(=O)O)cc1. The Morgan fingerprint density at radius 3 is 2.47 bits per heavy atom. The molecule has 0 fully saturated rings. The first-order valence-electron chi connectivity index (χ1n) is 5.79. The quantitative estimate of drug-likeness (QED) is 0.676. The molecular formula is C13H17NO5. The number of rotatable bonds is 8. The number of nitrogens with one attached hydrogen (secondary N) is 1. The fraction of sp³-hybridized carbons (Fsp3) is 0.385. The van der Waals surface area contributed by atoms with Gasteiger partial charge in [-0.1, -0.05) is 12.1 Å². The molecule has 0 unspecified atom stereocenters. The molecule has 1 amide bonds. The molecule has 1 aromatic carbocycles. The summed E-state index contributed by atoms with van der Waals surface area (Å²) in [4.78, 5) is 22.0. The minimum Gasteiger partial charge on any atom is -0.478 e. The zero-order chi connectivity index (χ0) is 14.1. The highest BCUT2D eigenvalue weighted by atomic mass is 16.5. The van der Waals surface area contributed by atoms with Crippen LogP contribution in [0.3, 0.4) is 0 Å². The van der Waals surface area contributed by atoms with E-state index in [2.05, 4.69) is 5.32 Å². The summed E-state index contributed by atoms with van der Waals surface area (Å²) in [6.45, 7) is 1.14. The monoisotopic (exact) mass is 267 g/mol. The zero-order valence-corrected chi connectivity index (χ0v) is 10.7. The fourth-order valence-corrected chi connectivity index (χ4v) is 1.32. The molecule has 0 atom stereocenters. The first-order valence-corrected chi connectivity index (χ1v) is 5.79. The van der Waals surface area contributed by atoms with Gasteiger partial charge in [0.1, 0.15) is 6.61 Å². The number of methoxy groups -OCH3 is 1. The van der Waals surface area contributed by atoms with Crippen LogP contribution >= 0.6 is 0 Å². The lowest BCUT2D eigenvalue weighted by atomic mass is 10.1. The second kappa shape index (κ2) is 8.23. The number of aromatic carboxylic acids is 1. The molecule has 104 valence electrons. The summed E-state index contributed by atoms with van der Waals surface area (Å²) in [6.07, 6.45) is 0. The third-order valence-electron chi connectivity index (χ3n) is 2.36. The highest BCUT2D eigenvalue weighted by Gasteiger charge is 2.03. The summed E-state index contributed by atoms with van der Waals surface area (Å²) >= 11 is 0. The minimum atomic E-state index is -0.970. The number of carboxylic acid groups (broad SMARTS) is 1. The lowest BCUT2D eigenvalue weighted by Gasteiger charge is -2.06.